The van der Waals surface area contributed by atoms with Crippen LogP contribution in [0.15, 0.2) is 18.2 Å². The van der Waals surface area contributed by atoms with Gasteiger partial charge in [0.15, 0.2) is 0 Å². The molecule has 0 unspecified atom stereocenters. The zero-order chi connectivity index (χ0) is 15.5. The molecule has 0 bridgehead atoms. The van der Waals surface area contributed by atoms with Gasteiger partial charge in [0, 0.05) is 18.5 Å². The second-order valence-electron chi connectivity index (χ2n) is 6.30. The van der Waals surface area contributed by atoms with Crippen LogP contribution >= 0.6 is 0 Å². The maximum Gasteiger partial charge on any atom is 0.126 e. The van der Waals surface area contributed by atoms with E-state index < -0.39 is 6.10 Å². The first-order valence-electron chi connectivity index (χ1n) is 7.77. The van der Waals surface area contributed by atoms with E-state index >= 15 is 0 Å². The topological polar surface area (TPSA) is 43.7 Å². The molecule has 0 amide bonds. The molecule has 4 heteroatoms. The third kappa shape index (κ3) is 3.44. The molecule has 2 rings (SSSR count). The van der Waals surface area contributed by atoms with Gasteiger partial charge in [-0.25, -0.2) is 4.39 Å². The number of hydrogen-bond acceptors (Lipinski definition) is 3. The first kappa shape index (κ1) is 16.4. The monoisotopic (exact) mass is 295 g/mol. The highest BCUT2D eigenvalue weighted by molar-refractivity contribution is 5.27. The number of benzene rings is 1. The molecule has 2 atom stereocenters. The van der Waals surface area contributed by atoms with Gasteiger partial charge in [0.2, 0.25) is 0 Å². The summed E-state index contributed by atoms with van der Waals surface area (Å²) >= 11 is 0. The third-order valence-corrected chi connectivity index (χ3v) is 4.90. The van der Waals surface area contributed by atoms with E-state index in [1.807, 2.05) is 6.07 Å². The fraction of sp³-hybridized carbons (Fsp3) is 0.647. The fourth-order valence-electron chi connectivity index (χ4n) is 3.34. The molecule has 3 nitrogen and oxygen atoms in total. The lowest BCUT2D eigenvalue weighted by Gasteiger charge is -2.44. The van der Waals surface area contributed by atoms with Gasteiger partial charge < -0.3 is 10.2 Å². The number of hydrogen-bond donors (Lipinski definition) is 2. The number of aliphatic hydroxyl groups excluding tert-OH is 2. The van der Waals surface area contributed by atoms with E-state index in [0.29, 0.717) is 18.7 Å². The largest absolute Gasteiger partial charge is 0.396 e. The van der Waals surface area contributed by atoms with Gasteiger partial charge in [-0.15, -0.1) is 0 Å². The summed E-state index contributed by atoms with van der Waals surface area (Å²) in [7, 11) is 0. The molecule has 0 radical (unpaired) electrons. The molecular formula is C17H26FNO2. The predicted molar refractivity (Wildman–Crippen MR) is 81.5 cm³/mol. The van der Waals surface area contributed by atoms with Crippen LogP contribution in [-0.2, 0) is 6.54 Å². The summed E-state index contributed by atoms with van der Waals surface area (Å²) in [5.74, 6) is -0.180. The zero-order valence-corrected chi connectivity index (χ0v) is 13.0. The van der Waals surface area contributed by atoms with Crippen molar-refractivity contribution in [1.82, 2.24) is 4.90 Å². The van der Waals surface area contributed by atoms with Gasteiger partial charge in [-0.05, 0) is 43.5 Å². The van der Waals surface area contributed by atoms with Gasteiger partial charge >= 0.3 is 0 Å². The van der Waals surface area contributed by atoms with Crippen LogP contribution in [0.25, 0.3) is 0 Å². The number of aliphatic hydroxyl groups is 2. The third-order valence-electron chi connectivity index (χ3n) is 4.90. The first-order valence-corrected chi connectivity index (χ1v) is 7.77. The Balaban J connectivity index is 2.04. The summed E-state index contributed by atoms with van der Waals surface area (Å²) in [6, 6.07) is 5.14. The van der Waals surface area contributed by atoms with Crippen molar-refractivity contribution in [3.05, 3.63) is 35.1 Å². The average Bonchev–Trinajstić information content (AvgIpc) is 2.47. The summed E-state index contributed by atoms with van der Waals surface area (Å²) in [5.41, 5.74) is 1.29. The zero-order valence-electron chi connectivity index (χ0n) is 13.0. The molecule has 1 fully saturated rings. The summed E-state index contributed by atoms with van der Waals surface area (Å²) in [4.78, 5) is 2.15. The molecule has 0 spiro atoms. The maximum atomic E-state index is 13.6. The van der Waals surface area contributed by atoms with Crippen LogP contribution in [-0.4, -0.2) is 40.9 Å². The normalized spacial score (nSPS) is 27.0. The second kappa shape index (κ2) is 6.86. The number of halogens is 1. The van der Waals surface area contributed by atoms with Crippen LogP contribution < -0.4 is 0 Å². The Bertz CT molecular complexity index is 480. The first-order chi connectivity index (χ1) is 10.0. The van der Waals surface area contributed by atoms with Crippen molar-refractivity contribution in [2.24, 2.45) is 5.41 Å². The molecule has 21 heavy (non-hydrogen) atoms. The minimum absolute atomic E-state index is 0.0365. The van der Waals surface area contributed by atoms with Crippen molar-refractivity contribution in [3.8, 4) is 0 Å². The molecule has 1 heterocycles. The predicted octanol–water partition coefficient (Wildman–Crippen LogP) is 2.48. The van der Waals surface area contributed by atoms with Crippen molar-refractivity contribution in [3.63, 3.8) is 0 Å². The van der Waals surface area contributed by atoms with E-state index in [1.54, 1.807) is 13.0 Å². The Morgan fingerprint density at radius 1 is 1.43 bits per heavy atom. The van der Waals surface area contributed by atoms with Crippen molar-refractivity contribution in [2.45, 2.75) is 45.8 Å². The van der Waals surface area contributed by atoms with Crippen LogP contribution in [0, 0.1) is 18.2 Å². The highest BCUT2D eigenvalue weighted by Gasteiger charge is 2.40. The van der Waals surface area contributed by atoms with Crippen LogP contribution in [0.2, 0.25) is 0 Å². The van der Waals surface area contributed by atoms with Gasteiger partial charge in [-0.3, -0.25) is 4.90 Å². The second-order valence-corrected chi connectivity index (χ2v) is 6.30. The minimum atomic E-state index is -0.523. The minimum Gasteiger partial charge on any atom is -0.396 e. The Morgan fingerprint density at radius 3 is 2.81 bits per heavy atom. The highest BCUT2D eigenvalue weighted by Crippen LogP contribution is 2.36. The fourth-order valence-corrected chi connectivity index (χ4v) is 3.34. The lowest BCUT2D eigenvalue weighted by molar-refractivity contribution is -0.0803. The molecule has 1 aromatic carbocycles. The lowest BCUT2D eigenvalue weighted by atomic mass is 9.73. The van der Waals surface area contributed by atoms with Crippen molar-refractivity contribution < 1.29 is 14.6 Å². The standard InChI is InChI=1S/C17H26FNO2/c1-3-7-17(12-20)8-9-19(11-16(17)21)10-14-5-4-6-15(18)13(14)2/h4-6,16,20-21H,3,7-12H2,1-2H3/t16-,17-/m1/s1. The van der Waals surface area contributed by atoms with E-state index in [1.165, 1.54) is 6.07 Å². The molecule has 1 aliphatic rings. The Morgan fingerprint density at radius 2 is 2.19 bits per heavy atom. The van der Waals surface area contributed by atoms with Crippen LogP contribution in [0.3, 0.4) is 0 Å². The van der Waals surface area contributed by atoms with Gasteiger partial charge in [0.1, 0.15) is 5.82 Å². The summed E-state index contributed by atoms with van der Waals surface area (Å²) in [5, 5.41) is 20.1. The summed E-state index contributed by atoms with van der Waals surface area (Å²) in [6.45, 7) is 5.92. The smallest absolute Gasteiger partial charge is 0.126 e. The quantitative estimate of drug-likeness (QED) is 0.877. The average molecular weight is 295 g/mol. The number of β-amino-alcohol motifs (C(OH)–C–C–N with tert-alkyl or cyclic N) is 1. The SMILES string of the molecule is CCC[C@]1(CO)CCN(Cc2cccc(F)c2C)C[C@H]1O. The van der Waals surface area contributed by atoms with Gasteiger partial charge in [0.05, 0.1) is 12.7 Å². The highest BCUT2D eigenvalue weighted by atomic mass is 19.1. The molecule has 2 N–H and O–H groups in total. The molecule has 0 aliphatic carbocycles. The molecule has 1 aliphatic heterocycles. The van der Waals surface area contributed by atoms with E-state index in [9.17, 15) is 14.6 Å². The van der Waals surface area contributed by atoms with Gasteiger partial charge in [0.25, 0.3) is 0 Å². The number of likely N-dealkylation sites (tertiary alicyclic amines) is 1. The van der Waals surface area contributed by atoms with E-state index in [-0.39, 0.29) is 17.8 Å². The van der Waals surface area contributed by atoms with Crippen molar-refractivity contribution >= 4 is 0 Å². The van der Waals surface area contributed by atoms with E-state index in [4.69, 9.17) is 0 Å². The molecule has 0 aromatic heterocycles. The Kier molecular flexibility index (Phi) is 5.36. The molecular weight excluding hydrogens is 269 g/mol. The Labute approximate surface area is 126 Å². The van der Waals surface area contributed by atoms with E-state index in [0.717, 1.165) is 31.4 Å². The number of piperidine rings is 1. The van der Waals surface area contributed by atoms with E-state index in [2.05, 4.69) is 11.8 Å². The number of rotatable bonds is 5. The van der Waals surface area contributed by atoms with Crippen molar-refractivity contribution in [1.29, 1.82) is 0 Å². The molecule has 1 saturated heterocycles. The van der Waals surface area contributed by atoms with Crippen LogP contribution in [0.1, 0.15) is 37.3 Å². The lowest BCUT2D eigenvalue weighted by Crippen LogP contribution is -2.52. The van der Waals surface area contributed by atoms with Crippen molar-refractivity contribution in [2.75, 3.05) is 19.7 Å². The van der Waals surface area contributed by atoms with Gasteiger partial charge in [-0.2, -0.15) is 0 Å². The summed E-state index contributed by atoms with van der Waals surface area (Å²) in [6.07, 6.45) is 2.07. The van der Waals surface area contributed by atoms with Crippen LogP contribution in [0.4, 0.5) is 4.39 Å². The maximum absolute atomic E-state index is 13.6. The van der Waals surface area contributed by atoms with Crippen LogP contribution in [0.5, 0.6) is 0 Å². The molecule has 1 aromatic rings. The molecule has 118 valence electrons. The summed E-state index contributed by atoms with van der Waals surface area (Å²) < 4.78 is 13.6. The van der Waals surface area contributed by atoms with Gasteiger partial charge in [-0.1, -0.05) is 25.5 Å². The number of nitrogens with zero attached hydrogens (tertiary/aromatic N) is 1. The molecule has 0 saturated carbocycles. The Hall–Kier alpha value is -0.970.